The van der Waals surface area contributed by atoms with E-state index in [9.17, 15) is 4.79 Å². The van der Waals surface area contributed by atoms with Gasteiger partial charge in [0.15, 0.2) is 10.4 Å². The Kier molecular flexibility index (Phi) is 6.49. The van der Waals surface area contributed by atoms with Crippen molar-refractivity contribution in [2.45, 2.75) is 24.3 Å². The second-order valence-corrected chi connectivity index (χ2v) is 7.91. The highest BCUT2D eigenvalue weighted by Crippen LogP contribution is 2.29. The number of hydrogen-bond acceptors (Lipinski definition) is 6. The molecule has 0 radical (unpaired) electrons. The fourth-order valence-electron chi connectivity index (χ4n) is 1.46. The van der Waals surface area contributed by atoms with Gasteiger partial charge in [0.2, 0.25) is 5.13 Å². The zero-order chi connectivity index (χ0) is 16.1. The number of rotatable bonds is 6. The van der Waals surface area contributed by atoms with E-state index in [-0.39, 0.29) is 5.91 Å². The van der Waals surface area contributed by atoms with Crippen molar-refractivity contribution >= 4 is 61.7 Å². The second-order valence-electron chi connectivity index (χ2n) is 4.13. The summed E-state index contributed by atoms with van der Waals surface area (Å²) in [5.74, 6) is 1.17. The minimum Gasteiger partial charge on any atom is -0.480 e. The third-order valence-electron chi connectivity index (χ3n) is 2.47. The Morgan fingerprint density at radius 3 is 3.00 bits per heavy atom. The molecule has 0 saturated heterocycles. The lowest BCUT2D eigenvalue weighted by Gasteiger charge is -2.14. The van der Waals surface area contributed by atoms with E-state index in [2.05, 4.69) is 31.4 Å². The topological polar surface area (TPSA) is 64.1 Å². The molecule has 0 fully saturated rings. The first-order valence-electron chi connectivity index (χ1n) is 6.38. The number of nitrogens with zero attached hydrogens (tertiary/aromatic N) is 2. The van der Waals surface area contributed by atoms with Crippen LogP contribution in [0.15, 0.2) is 27.0 Å². The van der Waals surface area contributed by atoms with E-state index in [0.717, 1.165) is 10.1 Å². The highest BCUT2D eigenvalue weighted by atomic mass is 79.9. The molecule has 0 aliphatic rings. The number of thioether (sulfide) groups is 1. The first kappa shape index (κ1) is 17.5. The summed E-state index contributed by atoms with van der Waals surface area (Å²) < 4.78 is 7.14. The monoisotopic (exact) mass is 421 g/mol. The van der Waals surface area contributed by atoms with Crippen LogP contribution in [-0.2, 0) is 4.79 Å². The van der Waals surface area contributed by atoms with Gasteiger partial charge in [-0.25, -0.2) is 0 Å². The molecule has 0 saturated carbocycles. The van der Waals surface area contributed by atoms with Gasteiger partial charge < -0.3 is 4.74 Å². The summed E-state index contributed by atoms with van der Waals surface area (Å²) in [6.07, 6.45) is -0.677. The van der Waals surface area contributed by atoms with Gasteiger partial charge in [-0.3, -0.25) is 10.1 Å². The van der Waals surface area contributed by atoms with Crippen molar-refractivity contribution in [3.8, 4) is 5.75 Å². The molecule has 2 aromatic rings. The molecule has 2 rings (SSSR count). The maximum absolute atomic E-state index is 12.1. The number of carbonyl (C=O) groups excluding carboxylic acids is 1. The van der Waals surface area contributed by atoms with E-state index in [4.69, 9.17) is 16.3 Å². The summed E-state index contributed by atoms with van der Waals surface area (Å²) in [4.78, 5) is 12.1. The SMILES string of the molecule is CCSc1nnc(NC(=O)C(C)Oc2ccc(Cl)cc2Br)s1. The molecule has 0 aliphatic carbocycles. The maximum Gasteiger partial charge on any atom is 0.266 e. The predicted octanol–water partition coefficient (Wildman–Crippen LogP) is 4.47. The van der Waals surface area contributed by atoms with Gasteiger partial charge in [-0.2, -0.15) is 0 Å². The van der Waals surface area contributed by atoms with Crippen LogP contribution in [0.2, 0.25) is 5.02 Å². The van der Waals surface area contributed by atoms with Crippen molar-refractivity contribution in [3.63, 3.8) is 0 Å². The first-order chi connectivity index (χ1) is 10.5. The zero-order valence-electron chi connectivity index (χ0n) is 11.8. The lowest BCUT2D eigenvalue weighted by Crippen LogP contribution is -2.30. The predicted molar refractivity (Wildman–Crippen MR) is 94.2 cm³/mol. The highest BCUT2D eigenvalue weighted by Gasteiger charge is 2.18. The third kappa shape index (κ3) is 4.84. The molecular weight excluding hydrogens is 410 g/mol. The smallest absolute Gasteiger partial charge is 0.266 e. The lowest BCUT2D eigenvalue weighted by molar-refractivity contribution is -0.122. The summed E-state index contributed by atoms with van der Waals surface area (Å²) in [7, 11) is 0. The molecule has 5 nitrogen and oxygen atoms in total. The summed E-state index contributed by atoms with van der Waals surface area (Å²) in [5, 5.41) is 11.7. The molecule has 1 amide bonds. The molecule has 1 atom stereocenters. The van der Waals surface area contributed by atoms with Gasteiger partial charge in [-0.1, -0.05) is 41.6 Å². The average molecular weight is 423 g/mol. The van der Waals surface area contributed by atoms with Crippen LogP contribution in [0.3, 0.4) is 0 Å². The van der Waals surface area contributed by atoms with E-state index in [1.807, 2.05) is 6.92 Å². The summed E-state index contributed by atoms with van der Waals surface area (Å²) in [5.41, 5.74) is 0. The van der Waals surface area contributed by atoms with Crippen molar-refractivity contribution < 1.29 is 9.53 Å². The number of halogens is 2. The van der Waals surface area contributed by atoms with Crippen LogP contribution in [0.5, 0.6) is 5.75 Å². The molecule has 1 aromatic heterocycles. The minimum atomic E-state index is -0.677. The van der Waals surface area contributed by atoms with E-state index in [1.165, 1.54) is 11.3 Å². The molecule has 9 heteroatoms. The normalized spacial score (nSPS) is 12.0. The number of anilines is 1. The Labute approximate surface area is 149 Å². The van der Waals surface area contributed by atoms with Crippen molar-refractivity contribution in [2.75, 3.05) is 11.1 Å². The molecule has 0 aliphatic heterocycles. The largest absolute Gasteiger partial charge is 0.480 e. The van der Waals surface area contributed by atoms with Crippen LogP contribution in [0.4, 0.5) is 5.13 Å². The molecule has 1 N–H and O–H groups in total. The Morgan fingerprint density at radius 1 is 1.55 bits per heavy atom. The Balaban J connectivity index is 1.96. The van der Waals surface area contributed by atoms with Crippen molar-refractivity contribution in [3.05, 3.63) is 27.7 Å². The van der Waals surface area contributed by atoms with E-state index >= 15 is 0 Å². The minimum absolute atomic E-state index is 0.286. The number of nitrogens with one attached hydrogen (secondary N) is 1. The van der Waals surface area contributed by atoms with Gasteiger partial charge in [0, 0.05) is 5.02 Å². The summed E-state index contributed by atoms with van der Waals surface area (Å²) in [6.45, 7) is 3.70. The summed E-state index contributed by atoms with van der Waals surface area (Å²) in [6, 6.07) is 5.11. The Morgan fingerprint density at radius 2 is 2.32 bits per heavy atom. The van der Waals surface area contributed by atoms with Crippen molar-refractivity contribution in [2.24, 2.45) is 0 Å². The van der Waals surface area contributed by atoms with Gasteiger partial charge >= 0.3 is 0 Å². The fourth-order valence-corrected chi connectivity index (χ4v) is 3.89. The van der Waals surface area contributed by atoms with Crippen LogP contribution in [-0.4, -0.2) is 28.0 Å². The van der Waals surface area contributed by atoms with Crippen LogP contribution in [0.1, 0.15) is 13.8 Å². The molecule has 0 bridgehead atoms. The van der Waals surface area contributed by atoms with Crippen LogP contribution < -0.4 is 10.1 Å². The Bertz CT molecular complexity index is 668. The molecule has 1 aromatic carbocycles. The van der Waals surface area contributed by atoms with Gasteiger partial charge in [0.25, 0.3) is 5.91 Å². The zero-order valence-corrected chi connectivity index (χ0v) is 15.8. The molecule has 118 valence electrons. The number of hydrogen-bond donors (Lipinski definition) is 1. The Hall–Kier alpha value is -0.830. The van der Waals surface area contributed by atoms with Crippen LogP contribution in [0, 0.1) is 0 Å². The van der Waals surface area contributed by atoms with Crippen molar-refractivity contribution in [1.82, 2.24) is 10.2 Å². The average Bonchev–Trinajstić information content (AvgIpc) is 2.89. The standard InChI is InChI=1S/C13H13BrClN3O2S2/c1-3-21-13-18-17-12(22-13)16-11(19)7(2)20-10-5-4-8(15)6-9(10)14/h4-7H,3H2,1-2H3,(H,16,17,19). The molecule has 0 spiro atoms. The van der Waals surface area contributed by atoms with Crippen molar-refractivity contribution in [1.29, 1.82) is 0 Å². The van der Waals surface area contributed by atoms with E-state index < -0.39 is 6.10 Å². The van der Waals surface area contributed by atoms with Gasteiger partial charge in [-0.05, 0) is 46.8 Å². The highest BCUT2D eigenvalue weighted by molar-refractivity contribution is 9.10. The van der Waals surface area contributed by atoms with Gasteiger partial charge in [0.1, 0.15) is 5.75 Å². The second kappa shape index (κ2) is 8.14. The van der Waals surface area contributed by atoms with E-state index in [0.29, 0.717) is 20.4 Å². The number of amides is 1. The maximum atomic E-state index is 12.1. The van der Waals surface area contributed by atoms with Crippen LogP contribution >= 0.6 is 50.6 Å². The quantitative estimate of drug-likeness (QED) is 0.549. The third-order valence-corrected chi connectivity index (χ3v) is 5.18. The number of ether oxygens (including phenoxy) is 1. The number of benzene rings is 1. The first-order valence-corrected chi connectivity index (χ1v) is 9.35. The molecule has 1 heterocycles. The summed E-state index contributed by atoms with van der Waals surface area (Å²) >= 11 is 12.1. The lowest BCUT2D eigenvalue weighted by atomic mass is 10.3. The molecule has 1 unspecified atom stereocenters. The molecular formula is C13H13BrClN3O2S2. The molecule has 22 heavy (non-hydrogen) atoms. The van der Waals surface area contributed by atoms with Crippen LogP contribution in [0.25, 0.3) is 0 Å². The number of carbonyl (C=O) groups is 1. The van der Waals surface area contributed by atoms with E-state index in [1.54, 1.807) is 36.9 Å². The van der Waals surface area contributed by atoms with Gasteiger partial charge in [0.05, 0.1) is 4.47 Å². The van der Waals surface area contributed by atoms with Gasteiger partial charge in [-0.15, -0.1) is 10.2 Å². The fraction of sp³-hybridized carbons (Fsp3) is 0.308. The number of aromatic nitrogens is 2.